The Hall–Kier alpha value is -1.83. The summed E-state index contributed by atoms with van der Waals surface area (Å²) < 4.78 is 3.88. The topological polar surface area (TPSA) is 81.0 Å². The van der Waals surface area contributed by atoms with Crippen molar-refractivity contribution in [1.82, 2.24) is 25.0 Å². The Kier molecular flexibility index (Phi) is 6.89. The molecule has 0 radical (unpaired) electrons. The van der Waals surface area contributed by atoms with E-state index in [1.54, 1.807) is 6.07 Å². The van der Waals surface area contributed by atoms with Gasteiger partial charge in [0, 0.05) is 48.9 Å². The molecule has 1 saturated heterocycles. The van der Waals surface area contributed by atoms with Crippen molar-refractivity contribution < 1.29 is 4.79 Å². The van der Waals surface area contributed by atoms with E-state index in [1.807, 2.05) is 22.2 Å². The Morgan fingerprint density at radius 3 is 2.71 bits per heavy atom. The molecule has 31 heavy (non-hydrogen) atoms. The fourth-order valence-electron chi connectivity index (χ4n) is 5.05. The van der Waals surface area contributed by atoms with Gasteiger partial charge in [-0.1, -0.05) is 0 Å². The van der Waals surface area contributed by atoms with Gasteiger partial charge in [-0.15, -0.1) is 24.8 Å². The van der Waals surface area contributed by atoms with Gasteiger partial charge in [0.2, 0.25) is 0 Å². The highest BCUT2D eigenvalue weighted by Gasteiger charge is 2.44. The highest BCUT2D eigenvalue weighted by atomic mass is 35.5. The van der Waals surface area contributed by atoms with Gasteiger partial charge in [0.1, 0.15) is 5.56 Å². The summed E-state index contributed by atoms with van der Waals surface area (Å²) in [7, 11) is 0. The quantitative estimate of drug-likeness (QED) is 0.707. The first-order valence-corrected chi connectivity index (χ1v) is 10.7. The van der Waals surface area contributed by atoms with Crippen LogP contribution in [-0.2, 0) is 13.1 Å². The van der Waals surface area contributed by atoms with Crippen LogP contribution in [0.15, 0.2) is 23.0 Å². The fourth-order valence-corrected chi connectivity index (χ4v) is 5.05. The van der Waals surface area contributed by atoms with Gasteiger partial charge in [-0.2, -0.15) is 5.10 Å². The number of rotatable bonds is 5. The Labute approximate surface area is 194 Å². The number of piperidine rings is 1. The minimum atomic E-state index is -0.251. The molecule has 2 N–H and O–H groups in total. The Morgan fingerprint density at radius 1 is 1.26 bits per heavy atom. The molecule has 1 aliphatic carbocycles. The predicted molar refractivity (Wildman–Crippen MR) is 125 cm³/mol. The van der Waals surface area contributed by atoms with Crippen molar-refractivity contribution in [2.24, 2.45) is 11.3 Å². The zero-order valence-corrected chi connectivity index (χ0v) is 19.7. The van der Waals surface area contributed by atoms with Crippen LogP contribution in [0.25, 0.3) is 0 Å². The molecule has 2 aliphatic heterocycles. The predicted octanol–water partition coefficient (Wildman–Crippen LogP) is 2.42. The number of hydrogen-bond donors (Lipinski definition) is 2. The number of aromatic nitrogens is 3. The average Bonchev–Trinajstić information content (AvgIpc) is 3.39. The zero-order chi connectivity index (χ0) is 20.2. The van der Waals surface area contributed by atoms with Crippen molar-refractivity contribution in [3.63, 3.8) is 0 Å². The minimum Gasteiger partial charge on any atom is -0.351 e. The first-order valence-electron chi connectivity index (χ1n) is 10.7. The summed E-state index contributed by atoms with van der Waals surface area (Å²) in [6, 6.07) is 5.78. The molecule has 0 unspecified atom stereocenters. The lowest BCUT2D eigenvalue weighted by Gasteiger charge is -2.37. The molecule has 0 aromatic carbocycles. The van der Waals surface area contributed by atoms with E-state index in [1.165, 1.54) is 0 Å². The van der Waals surface area contributed by atoms with Crippen molar-refractivity contribution in [2.45, 2.75) is 52.1 Å². The van der Waals surface area contributed by atoms with Crippen molar-refractivity contribution in [3.8, 4) is 0 Å². The van der Waals surface area contributed by atoms with Crippen molar-refractivity contribution in [1.29, 1.82) is 0 Å². The normalized spacial score (nSPS) is 22.5. The number of aryl methyl sites for hydroxylation is 2. The van der Waals surface area contributed by atoms with E-state index >= 15 is 0 Å². The van der Waals surface area contributed by atoms with Gasteiger partial charge in [0.05, 0.1) is 5.69 Å². The van der Waals surface area contributed by atoms with Crippen LogP contribution in [-0.4, -0.2) is 39.9 Å². The minimum absolute atomic E-state index is 0. The number of nitrogens with one attached hydrogen (secondary N) is 2. The SMILES string of the molecule is Cc1cc(C)n(CC2(CNC(=O)c3ccc4n(c3=O)C[C@@H]3CNC[C@H]4C3)CC2)n1.Cl.Cl. The third-order valence-electron chi connectivity index (χ3n) is 6.92. The maximum Gasteiger partial charge on any atom is 0.263 e. The summed E-state index contributed by atoms with van der Waals surface area (Å²) in [5.74, 6) is 0.606. The average molecular weight is 468 g/mol. The molecule has 1 amide bonds. The second-order valence-corrected chi connectivity index (χ2v) is 9.31. The van der Waals surface area contributed by atoms with E-state index in [2.05, 4.69) is 28.7 Å². The van der Waals surface area contributed by atoms with E-state index in [4.69, 9.17) is 0 Å². The molecule has 0 spiro atoms. The first-order chi connectivity index (χ1) is 13.9. The third-order valence-corrected chi connectivity index (χ3v) is 6.92. The van der Waals surface area contributed by atoms with Gasteiger partial charge in [-0.3, -0.25) is 14.3 Å². The van der Waals surface area contributed by atoms with E-state index in [9.17, 15) is 9.59 Å². The molecule has 9 heteroatoms. The number of amides is 1. The van der Waals surface area contributed by atoms with Crippen molar-refractivity contribution >= 4 is 30.7 Å². The molecule has 170 valence electrons. The molecule has 2 aromatic heterocycles. The lowest BCUT2D eigenvalue weighted by Crippen LogP contribution is -2.46. The van der Waals surface area contributed by atoms with E-state index < -0.39 is 0 Å². The summed E-state index contributed by atoms with van der Waals surface area (Å²) in [6.45, 7) is 8.03. The Bertz CT molecular complexity index is 1030. The van der Waals surface area contributed by atoms with E-state index in [-0.39, 0.29) is 47.3 Å². The summed E-state index contributed by atoms with van der Waals surface area (Å²) in [5, 5.41) is 11.0. The number of carbonyl (C=O) groups is 1. The monoisotopic (exact) mass is 467 g/mol. The van der Waals surface area contributed by atoms with Crippen LogP contribution in [0.5, 0.6) is 0 Å². The van der Waals surface area contributed by atoms with Gasteiger partial charge in [0.15, 0.2) is 0 Å². The standard InChI is InChI=1S/C22H29N5O2.2ClH/c1-14-7-15(2)27(25-14)13-22(5-6-22)12-24-20(28)18-3-4-19-17-8-16(9-23-10-17)11-26(19)21(18)29;;/h3-4,7,16-17,23H,5-6,8-13H2,1-2H3,(H,24,28);2*1H/t16-,17+;;/m0../s1. The number of carbonyl (C=O) groups excluding carboxylic acids is 1. The third kappa shape index (κ3) is 4.54. The van der Waals surface area contributed by atoms with Crippen LogP contribution in [0, 0.1) is 25.2 Å². The highest BCUT2D eigenvalue weighted by molar-refractivity contribution is 5.93. The summed E-state index contributed by atoms with van der Waals surface area (Å²) in [4.78, 5) is 25.9. The van der Waals surface area contributed by atoms with Crippen LogP contribution in [0.1, 0.15) is 52.6 Å². The van der Waals surface area contributed by atoms with E-state index in [0.717, 1.165) is 56.0 Å². The number of halogens is 2. The molecule has 5 rings (SSSR count). The second-order valence-electron chi connectivity index (χ2n) is 9.31. The molecule has 2 atom stereocenters. The van der Waals surface area contributed by atoms with Crippen molar-refractivity contribution in [2.75, 3.05) is 19.6 Å². The summed E-state index contributed by atoms with van der Waals surface area (Å²) >= 11 is 0. The largest absolute Gasteiger partial charge is 0.351 e. The number of pyridine rings is 1. The molecular formula is C22H31Cl2N5O2. The van der Waals surface area contributed by atoms with Gasteiger partial charge in [-0.05, 0) is 63.8 Å². The number of nitrogens with zero attached hydrogens (tertiary/aromatic N) is 3. The maximum atomic E-state index is 13.0. The molecule has 2 bridgehead atoms. The Morgan fingerprint density at radius 2 is 2.03 bits per heavy atom. The molecule has 2 aromatic rings. The molecule has 1 saturated carbocycles. The lowest BCUT2D eigenvalue weighted by atomic mass is 9.84. The molecular weight excluding hydrogens is 437 g/mol. The first kappa shape index (κ1) is 23.8. The number of hydrogen-bond acceptors (Lipinski definition) is 4. The lowest BCUT2D eigenvalue weighted by molar-refractivity contribution is 0.0939. The van der Waals surface area contributed by atoms with Gasteiger partial charge in [0.25, 0.3) is 11.5 Å². The zero-order valence-electron chi connectivity index (χ0n) is 18.0. The van der Waals surface area contributed by atoms with Crippen molar-refractivity contribution in [3.05, 3.63) is 51.2 Å². The van der Waals surface area contributed by atoms with Crippen LogP contribution in [0.3, 0.4) is 0 Å². The van der Waals surface area contributed by atoms with Gasteiger partial charge in [-0.25, -0.2) is 0 Å². The maximum absolute atomic E-state index is 13.0. The second kappa shape index (κ2) is 8.96. The smallest absolute Gasteiger partial charge is 0.263 e. The summed E-state index contributed by atoms with van der Waals surface area (Å²) in [6.07, 6.45) is 3.28. The van der Waals surface area contributed by atoms with Crippen LogP contribution in [0.2, 0.25) is 0 Å². The fraction of sp³-hybridized carbons (Fsp3) is 0.591. The summed E-state index contributed by atoms with van der Waals surface area (Å²) in [5.41, 5.74) is 3.42. The van der Waals surface area contributed by atoms with Crippen LogP contribution < -0.4 is 16.2 Å². The van der Waals surface area contributed by atoms with Crippen LogP contribution >= 0.6 is 24.8 Å². The molecule has 4 heterocycles. The molecule has 3 aliphatic rings. The molecule has 2 fully saturated rings. The highest BCUT2D eigenvalue weighted by Crippen LogP contribution is 2.46. The number of fused-ring (bicyclic) bond motifs is 4. The van der Waals surface area contributed by atoms with Gasteiger partial charge < -0.3 is 15.2 Å². The van der Waals surface area contributed by atoms with Gasteiger partial charge >= 0.3 is 0 Å². The molecule has 7 nitrogen and oxygen atoms in total. The van der Waals surface area contributed by atoms with E-state index in [0.29, 0.717) is 24.9 Å². The Balaban J connectivity index is 0.00000136. The van der Waals surface area contributed by atoms with Crippen LogP contribution in [0.4, 0.5) is 0 Å².